The predicted molar refractivity (Wildman–Crippen MR) is 45.2 cm³/mol. The maximum atomic E-state index is 11.1. The van der Waals surface area contributed by atoms with Crippen LogP contribution in [0.5, 0.6) is 0 Å². The number of benzene rings is 1. The summed E-state index contributed by atoms with van der Waals surface area (Å²) in [6.07, 6.45) is 0. The van der Waals surface area contributed by atoms with Crippen LogP contribution in [0.1, 0.15) is 10.4 Å². The summed E-state index contributed by atoms with van der Waals surface area (Å²) >= 11 is 0. The van der Waals surface area contributed by atoms with E-state index in [1.165, 1.54) is 0 Å². The third kappa shape index (κ3) is 2.00. The van der Waals surface area contributed by atoms with Gasteiger partial charge in [-0.25, -0.2) is 0 Å². The monoisotopic (exact) mass is 147 g/mol. The molecule has 0 saturated carbocycles. The van der Waals surface area contributed by atoms with Crippen LogP contribution in [0.2, 0.25) is 0 Å². The molecule has 0 fully saturated rings. The first-order chi connectivity index (χ1) is 5.34. The first-order valence-corrected chi connectivity index (χ1v) is 3.35. The lowest BCUT2D eigenvalue weighted by molar-refractivity contribution is 0.100. The Morgan fingerprint density at radius 2 is 2.00 bits per heavy atom. The smallest absolute Gasteiger partial charge is 0.184 e. The molecule has 0 atom stereocenters. The number of rotatable bonds is 3. The number of ketones is 1. The van der Waals surface area contributed by atoms with Crippen molar-refractivity contribution in [3.63, 3.8) is 0 Å². The zero-order valence-corrected chi connectivity index (χ0v) is 6.16. The van der Waals surface area contributed by atoms with Crippen LogP contribution in [-0.2, 0) is 0 Å². The lowest BCUT2D eigenvalue weighted by atomic mass is 10.1. The van der Waals surface area contributed by atoms with Gasteiger partial charge in [0.05, 0.1) is 0 Å². The van der Waals surface area contributed by atoms with Crippen LogP contribution >= 0.6 is 0 Å². The third-order valence-corrected chi connectivity index (χ3v) is 1.35. The van der Waals surface area contributed by atoms with Crippen molar-refractivity contribution in [3.8, 4) is 0 Å². The Morgan fingerprint density at radius 3 is 2.55 bits per heavy atom. The molecule has 2 nitrogen and oxygen atoms in total. The number of Topliss-reactive ketones (excluding diaryl/α,β-unsaturated/α-hetero) is 1. The van der Waals surface area contributed by atoms with Crippen molar-refractivity contribution >= 4 is 12.5 Å². The Morgan fingerprint density at radius 1 is 1.36 bits per heavy atom. The van der Waals surface area contributed by atoms with E-state index >= 15 is 0 Å². The Kier molecular flexibility index (Phi) is 2.55. The number of carbonyl (C=O) groups excluding carboxylic acids is 1. The van der Waals surface area contributed by atoms with E-state index in [2.05, 4.69) is 11.7 Å². The maximum Gasteiger partial charge on any atom is 0.184 e. The molecule has 2 heteroatoms. The summed E-state index contributed by atoms with van der Waals surface area (Å²) in [4.78, 5) is 14.6. The fourth-order valence-corrected chi connectivity index (χ4v) is 0.817. The largest absolute Gasteiger partial charge is 0.293 e. The second-order valence-corrected chi connectivity index (χ2v) is 2.17. The highest BCUT2D eigenvalue weighted by Gasteiger charge is 2.00. The van der Waals surface area contributed by atoms with E-state index in [1.807, 2.05) is 18.2 Å². The molecule has 1 rings (SSSR count). The van der Waals surface area contributed by atoms with Gasteiger partial charge in [0.1, 0.15) is 6.54 Å². The molecule has 0 unspecified atom stereocenters. The van der Waals surface area contributed by atoms with Gasteiger partial charge in [0, 0.05) is 5.56 Å². The molecule has 0 heterocycles. The molecule has 0 aliphatic heterocycles. The van der Waals surface area contributed by atoms with Crippen LogP contribution in [0, 0.1) is 0 Å². The highest BCUT2D eigenvalue weighted by Crippen LogP contribution is 1.99. The zero-order chi connectivity index (χ0) is 8.10. The molecule has 0 saturated heterocycles. The summed E-state index contributed by atoms with van der Waals surface area (Å²) < 4.78 is 0. The maximum absolute atomic E-state index is 11.1. The van der Waals surface area contributed by atoms with Gasteiger partial charge in [-0.3, -0.25) is 9.79 Å². The van der Waals surface area contributed by atoms with Crippen LogP contribution < -0.4 is 0 Å². The molecule has 0 amide bonds. The number of nitrogens with zero attached hydrogens (tertiary/aromatic N) is 1. The van der Waals surface area contributed by atoms with E-state index < -0.39 is 0 Å². The summed E-state index contributed by atoms with van der Waals surface area (Å²) in [6.45, 7) is 3.43. The van der Waals surface area contributed by atoms with Crippen LogP contribution in [-0.4, -0.2) is 19.0 Å². The first-order valence-electron chi connectivity index (χ1n) is 3.35. The molecule has 1 aromatic rings. The van der Waals surface area contributed by atoms with Crippen LogP contribution in [0.25, 0.3) is 0 Å². The highest BCUT2D eigenvalue weighted by atomic mass is 16.1. The topological polar surface area (TPSA) is 29.4 Å². The van der Waals surface area contributed by atoms with Gasteiger partial charge in [-0.1, -0.05) is 30.3 Å². The van der Waals surface area contributed by atoms with Crippen molar-refractivity contribution in [2.24, 2.45) is 4.99 Å². The Balaban J connectivity index is 2.77. The Hall–Kier alpha value is -1.44. The van der Waals surface area contributed by atoms with Crippen molar-refractivity contribution < 1.29 is 4.79 Å². The van der Waals surface area contributed by atoms with Crippen molar-refractivity contribution in [3.05, 3.63) is 35.9 Å². The minimum Gasteiger partial charge on any atom is -0.293 e. The van der Waals surface area contributed by atoms with Crippen LogP contribution in [0.15, 0.2) is 35.3 Å². The average Bonchev–Trinajstić information content (AvgIpc) is 2.07. The van der Waals surface area contributed by atoms with E-state index in [0.717, 1.165) is 0 Å². The molecule has 1 aromatic carbocycles. The Labute approximate surface area is 65.6 Å². The van der Waals surface area contributed by atoms with Crippen molar-refractivity contribution in [1.82, 2.24) is 0 Å². The van der Waals surface area contributed by atoms with E-state index in [9.17, 15) is 4.79 Å². The molecule has 0 aromatic heterocycles. The van der Waals surface area contributed by atoms with Gasteiger partial charge in [0.15, 0.2) is 5.78 Å². The number of hydrogen-bond acceptors (Lipinski definition) is 2. The lowest BCUT2D eigenvalue weighted by Gasteiger charge is -1.94. The molecule has 0 aliphatic carbocycles. The summed E-state index contributed by atoms with van der Waals surface area (Å²) in [6, 6.07) is 9.08. The summed E-state index contributed by atoms with van der Waals surface area (Å²) in [7, 11) is 0. The van der Waals surface area contributed by atoms with Gasteiger partial charge in [-0.05, 0) is 6.72 Å². The number of hydrogen-bond donors (Lipinski definition) is 0. The normalized spacial score (nSPS) is 9.09. The van der Waals surface area contributed by atoms with Gasteiger partial charge in [0.25, 0.3) is 0 Å². The predicted octanol–water partition coefficient (Wildman–Crippen LogP) is 1.57. The summed E-state index contributed by atoms with van der Waals surface area (Å²) in [5, 5.41) is 0. The fourth-order valence-electron chi connectivity index (χ4n) is 0.817. The van der Waals surface area contributed by atoms with E-state index in [0.29, 0.717) is 5.56 Å². The average molecular weight is 147 g/mol. The van der Waals surface area contributed by atoms with Crippen molar-refractivity contribution in [1.29, 1.82) is 0 Å². The fraction of sp³-hybridized carbons (Fsp3) is 0.111. The zero-order valence-electron chi connectivity index (χ0n) is 6.16. The quantitative estimate of drug-likeness (QED) is 0.471. The SMILES string of the molecule is C=NCC(=O)c1ccccc1. The molecule has 0 radical (unpaired) electrons. The number of aliphatic imine (C=N–C) groups is 1. The van der Waals surface area contributed by atoms with Gasteiger partial charge in [0.2, 0.25) is 0 Å². The second kappa shape index (κ2) is 3.66. The molecule has 0 bridgehead atoms. The van der Waals surface area contributed by atoms with Crippen molar-refractivity contribution in [2.75, 3.05) is 6.54 Å². The van der Waals surface area contributed by atoms with Crippen molar-refractivity contribution in [2.45, 2.75) is 0 Å². The third-order valence-electron chi connectivity index (χ3n) is 1.35. The molecule has 56 valence electrons. The second-order valence-electron chi connectivity index (χ2n) is 2.17. The molecule has 0 spiro atoms. The van der Waals surface area contributed by atoms with Gasteiger partial charge < -0.3 is 0 Å². The standard InChI is InChI=1S/C9H9NO/c1-10-7-9(11)8-5-3-2-4-6-8/h2-6H,1,7H2. The molecule has 11 heavy (non-hydrogen) atoms. The van der Waals surface area contributed by atoms with Gasteiger partial charge in [-0.15, -0.1) is 0 Å². The van der Waals surface area contributed by atoms with Crippen LogP contribution in [0.4, 0.5) is 0 Å². The van der Waals surface area contributed by atoms with E-state index in [4.69, 9.17) is 0 Å². The molecular weight excluding hydrogens is 138 g/mol. The summed E-state index contributed by atoms with van der Waals surface area (Å²) in [5.74, 6) is 0.0144. The molecule has 0 N–H and O–H groups in total. The minimum atomic E-state index is 0.0144. The Bertz CT molecular complexity index is 254. The molecule has 0 aliphatic rings. The summed E-state index contributed by atoms with van der Waals surface area (Å²) in [5.41, 5.74) is 0.694. The minimum absolute atomic E-state index is 0.0144. The van der Waals surface area contributed by atoms with Gasteiger partial charge in [-0.2, -0.15) is 0 Å². The van der Waals surface area contributed by atoms with Crippen LogP contribution in [0.3, 0.4) is 0 Å². The van der Waals surface area contributed by atoms with Gasteiger partial charge >= 0.3 is 0 Å². The highest BCUT2D eigenvalue weighted by molar-refractivity contribution is 5.97. The lowest BCUT2D eigenvalue weighted by Crippen LogP contribution is -2.01. The van der Waals surface area contributed by atoms with E-state index in [1.54, 1.807) is 12.1 Å². The number of carbonyl (C=O) groups is 1. The first kappa shape index (κ1) is 7.66. The van der Waals surface area contributed by atoms with E-state index in [-0.39, 0.29) is 12.3 Å². The molecular formula is C9H9NO.